The zero-order valence-electron chi connectivity index (χ0n) is 11.2. The van der Waals surface area contributed by atoms with Crippen LogP contribution in [-0.4, -0.2) is 38.4 Å². The van der Waals surface area contributed by atoms with E-state index in [1.165, 1.54) is 0 Å². The molecule has 1 aromatic carbocycles. The molecule has 6 nitrogen and oxygen atoms in total. The first-order valence-corrected chi connectivity index (χ1v) is 5.97. The van der Waals surface area contributed by atoms with Crippen LogP contribution in [0.2, 0.25) is 0 Å². The number of hydrogen-bond donors (Lipinski definition) is 3. The van der Waals surface area contributed by atoms with Crippen molar-refractivity contribution < 1.29 is 19.4 Å². The third-order valence-electron chi connectivity index (χ3n) is 2.68. The summed E-state index contributed by atoms with van der Waals surface area (Å²) in [5.41, 5.74) is 6.75. The standard InChI is InChI=1S/C13H20N2O4/c1-18-11-4-3-9(7-12(11)19-2)10(14)8-13(17)15-5-6-16/h3-4,7,10,16H,5-6,8,14H2,1-2H3,(H,15,17)/t10-/m0/s1. The number of nitrogens with one attached hydrogen (secondary N) is 1. The smallest absolute Gasteiger partial charge is 0.221 e. The van der Waals surface area contributed by atoms with Gasteiger partial charge in [0.15, 0.2) is 11.5 Å². The van der Waals surface area contributed by atoms with E-state index in [9.17, 15) is 4.79 Å². The van der Waals surface area contributed by atoms with E-state index in [0.29, 0.717) is 11.5 Å². The molecule has 0 aliphatic rings. The van der Waals surface area contributed by atoms with Crippen molar-refractivity contribution in [1.82, 2.24) is 5.32 Å². The summed E-state index contributed by atoms with van der Waals surface area (Å²) in [6.45, 7) is 0.148. The fourth-order valence-electron chi connectivity index (χ4n) is 1.67. The normalized spacial score (nSPS) is 11.8. The Hall–Kier alpha value is -1.79. The number of amides is 1. The first-order chi connectivity index (χ1) is 9.12. The Kier molecular flexibility index (Phi) is 6.11. The molecule has 106 valence electrons. The van der Waals surface area contributed by atoms with E-state index in [-0.39, 0.29) is 25.5 Å². The SMILES string of the molecule is COc1ccc([C@@H](N)CC(=O)NCCO)cc1OC. The largest absolute Gasteiger partial charge is 0.493 e. The highest BCUT2D eigenvalue weighted by Crippen LogP contribution is 2.30. The van der Waals surface area contributed by atoms with Crippen LogP contribution in [0, 0.1) is 0 Å². The summed E-state index contributed by atoms with van der Waals surface area (Å²) < 4.78 is 10.3. The molecule has 0 unspecified atom stereocenters. The summed E-state index contributed by atoms with van der Waals surface area (Å²) >= 11 is 0. The Bertz CT molecular complexity index is 423. The van der Waals surface area contributed by atoms with Crippen LogP contribution in [0.5, 0.6) is 11.5 Å². The van der Waals surface area contributed by atoms with Crippen LogP contribution in [0.1, 0.15) is 18.0 Å². The molecule has 19 heavy (non-hydrogen) atoms. The van der Waals surface area contributed by atoms with Gasteiger partial charge in [0.2, 0.25) is 5.91 Å². The topological polar surface area (TPSA) is 93.8 Å². The third kappa shape index (κ3) is 4.42. The second-order valence-electron chi connectivity index (χ2n) is 4.00. The molecule has 0 aromatic heterocycles. The van der Waals surface area contributed by atoms with Gasteiger partial charge in [0.05, 0.1) is 20.8 Å². The maximum atomic E-state index is 11.5. The van der Waals surface area contributed by atoms with Crippen molar-refractivity contribution in [3.8, 4) is 11.5 Å². The van der Waals surface area contributed by atoms with Crippen molar-refractivity contribution in [2.45, 2.75) is 12.5 Å². The van der Waals surface area contributed by atoms with Crippen LogP contribution in [0.4, 0.5) is 0 Å². The van der Waals surface area contributed by atoms with Gasteiger partial charge in [-0.2, -0.15) is 0 Å². The zero-order chi connectivity index (χ0) is 14.3. The molecule has 1 atom stereocenters. The number of benzene rings is 1. The van der Waals surface area contributed by atoms with Gasteiger partial charge in [-0.15, -0.1) is 0 Å². The molecule has 6 heteroatoms. The summed E-state index contributed by atoms with van der Waals surface area (Å²) in [5.74, 6) is 0.991. The van der Waals surface area contributed by atoms with Gasteiger partial charge in [-0.05, 0) is 17.7 Å². The molecule has 4 N–H and O–H groups in total. The molecular formula is C13H20N2O4. The second kappa shape index (κ2) is 7.60. The van der Waals surface area contributed by atoms with Crippen molar-refractivity contribution in [3.05, 3.63) is 23.8 Å². The van der Waals surface area contributed by atoms with E-state index in [1.807, 2.05) is 0 Å². The number of ether oxygens (including phenoxy) is 2. The lowest BCUT2D eigenvalue weighted by Crippen LogP contribution is -2.29. The summed E-state index contributed by atoms with van der Waals surface area (Å²) in [6.07, 6.45) is 0.148. The average Bonchev–Trinajstić information content (AvgIpc) is 2.44. The summed E-state index contributed by atoms with van der Waals surface area (Å²) in [7, 11) is 3.10. The second-order valence-corrected chi connectivity index (χ2v) is 4.00. The van der Waals surface area contributed by atoms with Gasteiger partial charge >= 0.3 is 0 Å². The van der Waals surface area contributed by atoms with E-state index in [4.69, 9.17) is 20.3 Å². The Labute approximate surface area is 112 Å². The van der Waals surface area contributed by atoms with Crippen molar-refractivity contribution in [2.24, 2.45) is 5.73 Å². The highest BCUT2D eigenvalue weighted by molar-refractivity contribution is 5.76. The molecule has 0 spiro atoms. The molecule has 0 fully saturated rings. The molecule has 1 amide bonds. The fraction of sp³-hybridized carbons (Fsp3) is 0.462. The highest BCUT2D eigenvalue weighted by atomic mass is 16.5. The lowest BCUT2D eigenvalue weighted by molar-refractivity contribution is -0.121. The molecule has 0 aliphatic carbocycles. The molecular weight excluding hydrogens is 248 g/mol. The van der Waals surface area contributed by atoms with E-state index >= 15 is 0 Å². The Morgan fingerprint density at radius 1 is 1.37 bits per heavy atom. The van der Waals surface area contributed by atoms with Crippen LogP contribution in [0.15, 0.2) is 18.2 Å². The average molecular weight is 268 g/mol. The van der Waals surface area contributed by atoms with Gasteiger partial charge in [0.1, 0.15) is 0 Å². The van der Waals surface area contributed by atoms with E-state index in [1.54, 1.807) is 32.4 Å². The molecule has 0 heterocycles. The first kappa shape index (κ1) is 15.3. The number of carbonyl (C=O) groups is 1. The predicted molar refractivity (Wildman–Crippen MR) is 71.2 cm³/mol. The number of hydrogen-bond acceptors (Lipinski definition) is 5. The molecule has 1 rings (SSSR count). The lowest BCUT2D eigenvalue weighted by atomic mass is 10.0. The Balaban J connectivity index is 2.71. The number of nitrogens with two attached hydrogens (primary N) is 1. The van der Waals surface area contributed by atoms with Crippen LogP contribution < -0.4 is 20.5 Å². The minimum atomic E-state index is -0.432. The van der Waals surface area contributed by atoms with Crippen LogP contribution >= 0.6 is 0 Å². The molecule has 0 radical (unpaired) electrons. The Morgan fingerprint density at radius 2 is 2.05 bits per heavy atom. The number of aliphatic hydroxyl groups is 1. The first-order valence-electron chi connectivity index (χ1n) is 5.97. The van der Waals surface area contributed by atoms with Crippen LogP contribution in [-0.2, 0) is 4.79 Å². The van der Waals surface area contributed by atoms with Gasteiger partial charge in [-0.1, -0.05) is 6.07 Å². The maximum absolute atomic E-state index is 11.5. The van der Waals surface area contributed by atoms with Crippen molar-refractivity contribution in [1.29, 1.82) is 0 Å². The molecule has 0 saturated carbocycles. The van der Waals surface area contributed by atoms with Gasteiger partial charge in [0, 0.05) is 19.0 Å². The molecule has 1 aromatic rings. The molecule has 0 aliphatic heterocycles. The van der Waals surface area contributed by atoms with Crippen LogP contribution in [0.25, 0.3) is 0 Å². The van der Waals surface area contributed by atoms with Gasteiger partial charge in [-0.25, -0.2) is 0 Å². The van der Waals surface area contributed by atoms with E-state index < -0.39 is 6.04 Å². The lowest BCUT2D eigenvalue weighted by Gasteiger charge is -2.14. The minimum absolute atomic E-state index is 0.0860. The van der Waals surface area contributed by atoms with Gasteiger partial charge < -0.3 is 25.6 Å². The summed E-state index contributed by atoms with van der Waals surface area (Å²) in [4.78, 5) is 11.5. The molecule has 0 bridgehead atoms. The van der Waals surface area contributed by atoms with Crippen molar-refractivity contribution >= 4 is 5.91 Å². The van der Waals surface area contributed by atoms with Crippen molar-refractivity contribution in [3.63, 3.8) is 0 Å². The molecule has 0 saturated heterocycles. The van der Waals surface area contributed by atoms with Gasteiger partial charge in [-0.3, -0.25) is 4.79 Å². The number of methoxy groups -OCH3 is 2. The number of aliphatic hydroxyl groups excluding tert-OH is 1. The van der Waals surface area contributed by atoms with Gasteiger partial charge in [0.25, 0.3) is 0 Å². The summed E-state index contributed by atoms with van der Waals surface area (Å²) in [5, 5.41) is 11.2. The highest BCUT2D eigenvalue weighted by Gasteiger charge is 2.14. The minimum Gasteiger partial charge on any atom is -0.493 e. The monoisotopic (exact) mass is 268 g/mol. The fourth-order valence-corrected chi connectivity index (χ4v) is 1.67. The van der Waals surface area contributed by atoms with Crippen molar-refractivity contribution in [2.75, 3.05) is 27.4 Å². The number of carbonyl (C=O) groups excluding carboxylic acids is 1. The number of rotatable bonds is 7. The summed E-state index contributed by atoms with van der Waals surface area (Å²) in [6, 6.07) is 4.87. The predicted octanol–water partition coefficient (Wildman–Crippen LogP) is 0.202. The van der Waals surface area contributed by atoms with E-state index in [0.717, 1.165) is 5.56 Å². The zero-order valence-corrected chi connectivity index (χ0v) is 11.2. The van der Waals surface area contributed by atoms with E-state index in [2.05, 4.69) is 5.32 Å². The van der Waals surface area contributed by atoms with Crippen LogP contribution in [0.3, 0.4) is 0 Å². The Morgan fingerprint density at radius 3 is 2.63 bits per heavy atom. The quantitative estimate of drug-likeness (QED) is 0.657. The maximum Gasteiger partial charge on any atom is 0.221 e. The third-order valence-corrected chi connectivity index (χ3v) is 2.68.